The van der Waals surface area contributed by atoms with Crippen molar-refractivity contribution in [3.63, 3.8) is 0 Å². The monoisotopic (exact) mass is 726 g/mol. The van der Waals surface area contributed by atoms with Gasteiger partial charge in [0.05, 0.1) is 26.9 Å². The predicted octanol–water partition coefficient (Wildman–Crippen LogP) is 4.26. The topological polar surface area (TPSA) is 166 Å². The minimum atomic E-state index is -1.76. The Balaban J connectivity index is 0.780. The number of carbonyl (C=O) groups excluding carboxylic acids is 1. The summed E-state index contributed by atoms with van der Waals surface area (Å²) in [4.78, 5) is 31.2. The fraction of sp³-hybridized carbons (Fsp3) is 0.351. The van der Waals surface area contributed by atoms with E-state index in [0.717, 1.165) is 62.0 Å². The van der Waals surface area contributed by atoms with E-state index >= 15 is 0 Å². The minimum absolute atomic E-state index is 0.0402. The first-order chi connectivity index (χ1) is 24.7. The van der Waals surface area contributed by atoms with Crippen molar-refractivity contribution in [1.82, 2.24) is 30.2 Å². The lowest BCUT2D eigenvalue weighted by Gasteiger charge is -2.58. The van der Waals surface area contributed by atoms with Crippen molar-refractivity contribution in [3.05, 3.63) is 109 Å². The van der Waals surface area contributed by atoms with Crippen LogP contribution >= 0.6 is 22.7 Å². The molecule has 264 valence electrons. The molecule has 12 nitrogen and oxygen atoms in total. The maximum Gasteiger partial charge on any atom is 0.349 e. The van der Waals surface area contributed by atoms with E-state index in [1.54, 1.807) is 24.3 Å². The third-order valence-electron chi connectivity index (χ3n) is 10.1. The molecule has 6 aromatic rings. The number of carbonyl (C=O) groups is 1. The van der Waals surface area contributed by atoms with Gasteiger partial charge in [-0.3, -0.25) is 4.79 Å². The highest BCUT2D eigenvalue weighted by atomic mass is 32.1. The molecule has 5 N–H and O–H groups in total. The van der Waals surface area contributed by atoms with Gasteiger partial charge in [0.2, 0.25) is 11.2 Å². The number of likely N-dealkylation sites (tertiary alicyclic amines) is 1. The summed E-state index contributed by atoms with van der Waals surface area (Å²) >= 11 is 2.70. The quantitative estimate of drug-likeness (QED) is 0.109. The Labute approximate surface area is 300 Å². The largest absolute Gasteiger partial charge is 0.506 e. The number of benzene rings is 2. The highest BCUT2D eigenvalue weighted by molar-refractivity contribution is 7.12. The molecule has 1 saturated carbocycles. The predicted molar refractivity (Wildman–Crippen MR) is 195 cm³/mol. The second-order valence-electron chi connectivity index (χ2n) is 13.7. The molecule has 0 unspecified atom stereocenters. The van der Waals surface area contributed by atoms with Crippen molar-refractivity contribution in [2.24, 2.45) is 5.41 Å². The summed E-state index contributed by atoms with van der Waals surface area (Å²) in [6, 6.07) is 19.4. The lowest BCUT2D eigenvalue weighted by Crippen LogP contribution is -2.64. The van der Waals surface area contributed by atoms with E-state index in [2.05, 4.69) is 25.5 Å². The number of aryl methyl sites for hydroxylation is 1. The van der Waals surface area contributed by atoms with Crippen LogP contribution in [0, 0.1) is 5.41 Å². The van der Waals surface area contributed by atoms with E-state index in [-0.39, 0.29) is 29.4 Å². The van der Waals surface area contributed by atoms with Gasteiger partial charge in [-0.1, -0.05) is 29.5 Å². The van der Waals surface area contributed by atoms with Crippen molar-refractivity contribution >= 4 is 50.6 Å². The van der Waals surface area contributed by atoms with Gasteiger partial charge in [-0.15, -0.1) is 27.8 Å². The average molecular weight is 727 g/mol. The molecule has 2 aliphatic rings. The first kappa shape index (κ1) is 33.7. The maximum atomic E-state index is 13.3. The number of aromatic hydroxyl groups is 1. The standard InChI is InChI=1S/C37H38N6O6S2/c44-29-10-7-25(26-8-11-33(46)39-34(26)29)30(45)20-38-19-23-6-9-28-27(16-23)40-41-43(28)13-3-12-42-21-36(22-42)17-24(18-36)49-35(47)37(48,31-4-1-14-50-31)32-5-2-15-51-32/h1-2,4-11,14-16,24,30,38,44-45,48H,3,12-13,17-22H2,(H,39,46)/t30-/m0/s1. The van der Waals surface area contributed by atoms with Crippen LogP contribution in [0.3, 0.4) is 0 Å². The molecule has 1 aliphatic carbocycles. The van der Waals surface area contributed by atoms with Gasteiger partial charge in [0.1, 0.15) is 17.4 Å². The van der Waals surface area contributed by atoms with Crippen molar-refractivity contribution in [2.45, 2.75) is 50.2 Å². The van der Waals surface area contributed by atoms with Gasteiger partial charge in [0.25, 0.3) is 0 Å². The molecule has 14 heteroatoms. The molecule has 4 aromatic heterocycles. The van der Waals surface area contributed by atoms with E-state index < -0.39 is 17.7 Å². The normalized spacial score (nSPS) is 16.7. The summed E-state index contributed by atoms with van der Waals surface area (Å²) < 4.78 is 7.81. The number of phenolic OH excluding ortho intramolecular Hbond substituents is 1. The van der Waals surface area contributed by atoms with Crippen LogP contribution in [-0.4, -0.2) is 78.4 Å². The first-order valence-corrected chi connectivity index (χ1v) is 18.8. The number of hydrogen-bond acceptors (Lipinski definition) is 12. The number of nitrogens with zero attached hydrogens (tertiary/aromatic N) is 4. The molecule has 1 aliphatic heterocycles. The molecule has 5 heterocycles. The fourth-order valence-electron chi connectivity index (χ4n) is 7.59. The van der Waals surface area contributed by atoms with Crippen LogP contribution in [0.5, 0.6) is 5.75 Å². The lowest BCUT2D eigenvalue weighted by molar-refractivity contribution is -0.191. The van der Waals surface area contributed by atoms with Crippen LogP contribution in [0.25, 0.3) is 21.9 Å². The molecule has 1 spiro atoms. The summed E-state index contributed by atoms with van der Waals surface area (Å²) in [5, 5.41) is 48.9. The van der Waals surface area contributed by atoms with Crippen LogP contribution in [0.1, 0.15) is 46.2 Å². The van der Waals surface area contributed by atoms with E-state index in [4.69, 9.17) is 4.74 Å². The van der Waals surface area contributed by atoms with Crippen LogP contribution in [0.4, 0.5) is 0 Å². The van der Waals surface area contributed by atoms with Gasteiger partial charge in [-0.2, -0.15) is 0 Å². The summed E-state index contributed by atoms with van der Waals surface area (Å²) in [5.74, 6) is -0.632. The zero-order valence-corrected chi connectivity index (χ0v) is 29.3. The number of phenols is 1. The molecule has 0 bridgehead atoms. The number of H-pyrrole nitrogens is 1. The Morgan fingerprint density at radius 1 is 1.06 bits per heavy atom. The van der Waals surface area contributed by atoms with Gasteiger partial charge in [0.15, 0.2) is 0 Å². The van der Waals surface area contributed by atoms with Crippen LogP contribution in [-0.2, 0) is 28.2 Å². The molecular formula is C37H38N6O6S2. The number of aromatic amines is 1. The maximum absolute atomic E-state index is 13.3. The van der Waals surface area contributed by atoms with E-state index in [9.17, 15) is 24.9 Å². The third kappa shape index (κ3) is 6.47. The zero-order chi connectivity index (χ0) is 35.2. The van der Waals surface area contributed by atoms with Gasteiger partial charge >= 0.3 is 5.97 Å². The minimum Gasteiger partial charge on any atom is -0.506 e. The fourth-order valence-corrected chi connectivity index (χ4v) is 9.30. The second-order valence-corrected chi connectivity index (χ2v) is 15.6. The molecule has 51 heavy (non-hydrogen) atoms. The Morgan fingerprint density at radius 3 is 2.55 bits per heavy atom. The number of esters is 1. The summed E-state index contributed by atoms with van der Waals surface area (Å²) in [6.45, 7) is 4.45. The smallest absolute Gasteiger partial charge is 0.349 e. The number of nitrogens with one attached hydrogen (secondary N) is 2. The Kier molecular flexibility index (Phi) is 8.98. The second kappa shape index (κ2) is 13.6. The summed E-state index contributed by atoms with van der Waals surface area (Å²) in [7, 11) is 0. The zero-order valence-electron chi connectivity index (χ0n) is 27.7. The number of aliphatic hydroxyl groups is 2. The lowest BCUT2D eigenvalue weighted by atomic mass is 9.61. The molecule has 0 radical (unpaired) electrons. The van der Waals surface area contributed by atoms with Crippen molar-refractivity contribution in [3.8, 4) is 5.75 Å². The number of hydrogen-bond donors (Lipinski definition) is 5. The number of thiophene rings is 2. The SMILES string of the molecule is O=C(OC1CC2(C1)CN(CCCn1nnc3cc(CNC[C@H](O)c4ccc(O)c5[nH]c(=O)ccc45)ccc31)C2)C(O)(c1cccs1)c1cccs1. The van der Waals surface area contributed by atoms with Crippen LogP contribution in [0.15, 0.2) is 82.3 Å². The van der Waals surface area contributed by atoms with Crippen molar-refractivity contribution in [2.75, 3.05) is 26.2 Å². The molecule has 1 saturated heterocycles. The van der Waals surface area contributed by atoms with Gasteiger partial charge in [-0.05, 0) is 84.1 Å². The van der Waals surface area contributed by atoms with Gasteiger partial charge in [0, 0.05) is 49.6 Å². The van der Waals surface area contributed by atoms with Crippen LogP contribution in [0.2, 0.25) is 0 Å². The average Bonchev–Trinajstić information content (AvgIpc) is 3.89. The van der Waals surface area contributed by atoms with E-state index in [1.165, 1.54) is 34.8 Å². The molecule has 1 atom stereocenters. The molecule has 2 fully saturated rings. The van der Waals surface area contributed by atoms with Crippen molar-refractivity contribution in [1.29, 1.82) is 0 Å². The Bertz CT molecular complexity index is 2190. The van der Waals surface area contributed by atoms with E-state index in [1.807, 2.05) is 45.8 Å². The van der Waals surface area contributed by atoms with Gasteiger partial charge in [-0.25, -0.2) is 9.48 Å². The number of rotatable bonds is 13. The highest BCUT2D eigenvalue weighted by Gasteiger charge is 2.55. The van der Waals surface area contributed by atoms with Crippen molar-refractivity contribution < 1.29 is 24.9 Å². The van der Waals surface area contributed by atoms with E-state index in [0.29, 0.717) is 32.8 Å². The number of aliphatic hydroxyl groups excluding tert-OH is 1. The number of pyridine rings is 1. The third-order valence-corrected chi connectivity index (χ3v) is 12.1. The first-order valence-electron chi connectivity index (χ1n) is 17.0. The Hall–Kier alpha value is -4.44. The molecule has 0 amide bonds. The summed E-state index contributed by atoms with van der Waals surface area (Å²) in [5.41, 5.74) is 1.83. The van der Waals surface area contributed by atoms with Crippen LogP contribution < -0.4 is 10.9 Å². The number of ether oxygens (including phenoxy) is 1. The molecule has 2 aromatic carbocycles. The molecular weight excluding hydrogens is 689 g/mol. The Morgan fingerprint density at radius 2 is 1.82 bits per heavy atom. The summed E-state index contributed by atoms with van der Waals surface area (Å²) in [6.07, 6.45) is 1.56. The molecule has 8 rings (SSSR count). The number of fused-ring (bicyclic) bond motifs is 2. The number of aromatic nitrogens is 4. The highest BCUT2D eigenvalue weighted by Crippen LogP contribution is 2.50. The van der Waals surface area contributed by atoms with Gasteiger partial charge < -0.3 is 35.3 Å².